The van der Waals surface area contributed by atoms with E-state index in [-0.39, 0.29) is 11.9 Å². The van der Waals surface area contributed by atoms with E-state index in [1.54, 1.807) is 6.20 Å². The van der Waals surface area contributed by atoms with Crippen LogP contribution in [0.15, 0.2) is 36.9 Å². The first kappa shape index (κ1) is 15.4. The van der Waals surface area contributed by atoms with E-state index in [2.05, 4.69) is 24.1 Å². The average Bonchev–Trinajstić information content (AvgIpc) is 3.08. The number of hydrogen-bond donors (Lipinski definition) is 1. The zero-order valence-corrected chi connectivity index (χ0v) is 13.0. The third kappa shape index (κ3) is 4.21. The van der Waals surface area contributed by atoms with Crippen molar-refractivity contribution in [2.24, 2.45) is 5.92 Å². The lowest BCUT2D eigenvalue weighted by Gasteiger charge is -2.20. The summed E-state index contributed by atoms with van der Waals surface area (Å²) in [6.45, 7) is 7.60. The summed E-state index contributed by atoms with van der Waals surface area (Å²) in [7, 11) is 0. The predicted octanol–water partition coefficient (Wildman–Crippen LogP) is 2.40. The summed E-state index contributed by atoms with van der Waals surface area (Å²) in [5, 5.41) is 3.03. The molecule has 0 saturated heterocycles. The van der Waals surface area contributed by atoms with Gasteiger partial charge in [0.1, 0.15) is 11.9 Å². The van der Waals surface area contributed by atoms with Crippen LogP contribution in [0.4, 0.5) is 0 Å². The van der Waals surface area contributed by atoms with Gasteiger partial charge in [0.2, 0.25) is 5.91 Å². The third-order valence-corrected chi connectivity index (χ3v) is 3.56. The van der Waals surface area contributed by atoms with Gasteiger partial charge in [0.25, 0.3) is 0 Å². The van der Waals surface area contributed by atoms with Gasteiger partial charge in [-0.3, -0.25) is 4.79 Å². The maximum absolute atomic E-state index is 12.4. The number of rotatable bonds is 7. The second-order valence-corrected chi connectivity index (χ2v) is 5.73. The molecule has 0 aliphatic carbocycles. The summed E-state index contributed by atoms with van der Waals surface area (Å²) < 4.78 is 4.02. The lowest BCUT2D eigenvalue weighted by Crippen LogP contribution is -2.35. The highest BCUT2D eigenvalue weighted by atomic mass is 16.2. The lowest BCUT2D eigenvalue weighted by molar-refractivity contribution is -0.124. The van der Waals surface area contributed by atoms with Crippen molar-refractivity contribution in [3.05, 3.63) is 42.7 Å². The van der Waals surface area contributed by atoms with Crippen molar-refractivity contribution in [3.63, 3.8) is 0 Å². The van der Waals surface area contributed by atoms with E-state index in [0.717, 1.165) is 18.8 Å². The van der Waals surface area contributed by atoms with Crippen molar-refractivity contribution in [1.29, 1.82) is 0 Å². The topological polar surface area (TPSA) is 51.9 Å². The molecule has 0 bridgehead atoms. The fraction of sp³-hybridized carbons (Fsp3) is 0.500. The molecule has 5 heteroatoms. The number of nitrogens with zero attached hydrogens (tertiary/aromatic N) is 3. The van der Waals surface area contributed by atoms with Crippen LogP contribution in [0.2, 0.25) is 0 Å². The van der Waals surface area contributed by atoms with Crippen LogP contribution >= 0.6 is 0 Å². The van der Waals surface area contributed by atoms with Crippen LogP contribution in [-0.4, -0.2) is 26.6 Å². The molecule has 21 heavy (non-hydrogen) atoms. The monoisotopic (exact) mass is 288 g/mol. The standard InChI is InChI=1S/C16H24N4O/c1-13(2)12-15(20-8-4-5-9-20)16(21)18-7-11-19-10-6-17-14(19)3/h4-6,8-10,13,15H,7,11-12H2,1-3H3,(H,18,21)/t15-/m0/s1. The molecule has 0 saturated carbocycles. The first-order valence-corrected chi connectivity index (χ1v) is 7.46. The van der Waals surface area contributed by atoms with Gasteiger partial charge >= 0.3 is 0 Å². The molecular formula is C16H24N4O. The van der Waals surface area contributed by atoms with Gasteiger partial charge in [-0.1, -0.05) is 13.8 Å². The maximum Gasteiger partial charge on any atom is 0.243 e. The second kappa shape index (κ2) is 7.11. The Hall–Kier alpha value is -2.04. The van der Waals surface area contributed by atoms with E-state index in [1.807, 2.05) is 46.8 Å². The van der Waals surface area contributed by atoms with Crippen LogP contribution in [-0.2, 0) is 11.3 Å². The second-order valence-electron chi connectivity index (χ2n) is 5.73. The zero-order valence-electron chi connectivity index (χ0n) is 13.0. The Morgan fingerprint density at radius 2 is 2.00 bits per heavy atom. The Bertz CT molecular complexity index is 557. The molecule has 0 aliphatic rings. The number of carbonyl (C=O) groups excluding carboxylic acids is 1. The Kier molecular flexibility index (Phi) is 5.20. The molecule has 2 aromatic heterocycles. The molecule has 114 valence electrons. The van der Waals surface area contributed by atoms with Gasteiger partial charge in [-0.15, -0.1) is 0 Å². The average molecular weight is 288 g/mol. The molecule has 1 amide bonds. The van der Waals surface area contributed by atoms with Crippen molar-refractivity contribution >= 4 is 5.91 Å². The maximum atomic E-state index is 12.4. The molecule has 0 spiro atoms. The molecule has 0 fully saturated rings. The number of aryl methyl sites for hydroxylation is 1. The minimum atomic E-state index is -0.135. The molecule has 0 aliphatic heterocycles. The Morgan fingerprint density at radius 3 is 2.57 bits per heavy atom. The first-order chi connectivity index (χ1) is 10.1. The van der Waals surface area contributed by atoms with E-state index in [9.17, 15) is 4.79 Å². The summed E-state index contributed by atoms with van der Waals surface area (Å²) in [5.74, 6) is 1.52. The number of amides is 1. The van der Waals surface area contributed by atoms with Gasteiger partial charge in [0, 0.05) is 37.9 Å². The Balaban J connectivity index is 1.91. The van der Waals surface area contributed by atoms with Crippen LogP contribution in [0.1, 0.15) is 32.1 Å². The van der Waals surface area contributed by atoms with Crippen LogP contribution in [0.3, 0.4) is 0 Å². The van der Waals surface area contributed by atoms with Crippen LogP contribution in [0.5, 0.6) is 0 Å². The highest BCUT2D eigenvalue weighted by molar-refractivity contribution is 5.80. The lowest BCUT2D eigenvalue weighted by atomic mass is 10.0. The number of aromatic nitrogens is 3. The quantitative estimate of drug-likeness (QED) is 0.850. The Morgan fingerprint density at radius 1 is 1.29 bits per heavy atom. The molecule has 0 aromatic carbocycles. The van der Waals surface area contributed by atoms with Crippen molar-refractivity contribution in [2.45, 2.75) is 39.8 Å². The van der Waals surface area contributed by atoms with Gasteiger partial charge in [-0.2, -0.15) is 0 Å². The number of carbonyl (C=O) groups is 1. The van der Waals surface area contributed by atoms with Crippen molar-refractivity contribution in [2.75, 3.05) is 6.54 Å². The first-order valence-electron chi connectivity index (χ1n) is 7.46. The van der Waals surface area contributed by atoms with Crippen molar-refractivity contribution in [1.82, 2.24) is 19.4 Å². The molecule has 0 radical (unpaired) electrons. The van der Waals surface area contributed by atoms with E-state index in [4.69, 9.17) is 0 Å². The highest BCUT2D eigenvalue weighted by Gasteiger charge is 2.20. The third-order valence-electron chi connectivity index (χ3n) is 3.56. The van der Waals surface area contributed by atoms with Gasteiger partial charge in [-0.25, -0.2) is 4.98 Å². The number of imidazole rings is 1. The molecule has 2 rings (SSSR count). The van der Waals surface area contributed by atoms with Crippen LogP contribution in [0.25, 0.3) is 0 Å². The Labute approximate surface area is 126 Å². The summed E-state index contributed by atoms with van der Waals surface area (Å²) in [6, 6.07) is 3.77. The summed E-state index contributed by atoms with van der Waals surface area (Å²) in [4.78, 5) is 16.6. The van der Waals surface area contributed by atoms with Gasteiger partial charge < -0.3 is 14.5 Å². The van der Waals surface area contributed by atoms with Gasteiger partial charge in [0.15, 0.2) is 0 Å². The minimum absolute atomic E-state index is 0.0812. The summed E-state index contributed by atoms with van der Waals surface area (Å²) in [6.07, 6.45) is 8.45. The number of nitrogens with one attached hydrogen (secondary N) is 1. The SMILES string of the molecule is Cc1nccn1CCNC(=O)[C@H](CC(C)C)n1cccc1. The minimum Gasteiger partial charge on any atom is -0.353 e. The van der Waals surface area contributed by atoms with Gasteiger partial charge in [-0.05, 0) is 31.4 Å². The largest absolute Gasteiger partial charge is 0.353 e. The predicted molar refractivity (Wildman–Crippen MR) is 82.9 cm³/mol. The summed E-state index contributed by atoms with van der Waals surface area (Å²) >= 11 is 0. The van der Waals surface area contributed by atoms with E-state index in [0.29, 0.717) is 12.5 Å². The van der Waals surface area contributed by atoms with Gasteiger partial charge in [0.05, 0.1) is 0 Å². The number of hydrogen-bond acceptors (Lipinski definition) is 2. The fourth-order valence-corrected chi connectivity index (χ4v) is 2.42. The van der Waals surface area contributed by atoms with Crippen LogP contribution in [0, 0.1) is 12.8 Å². The zero-order chi connectivity index (χ0) is 15.2. The van der Waals surface area contributed by atoms with E-state index in [1.165, 1.54) is 0 Å². The summed E-state index contributed by atoms with van der Waals surface area (Å²) in [5.41, 5.74) is 0. The smallest absolute Gasteiger partial charge is 0.243 e. The molecule has 5 nitrogen and oxygen atoms in total. The van der Waals surface area contributed by atoms with Crippen LogP contribution < -0.4 is 5.32 Å². The van der Waals surface area contributed by atoms with Crippen molar-refractivity contribution in [3.8, 4) is 0 Å². The highest BCUT2D eigenvalue weighted by Crippen LogP contribution is 2.18. The van der Waals surface area contributed by atoms with E-state index < -0.39 is 0 Å². The molecule has 2 aromatic rings. The molecule has 1 N–H and O–H groups in total. The van der Waals surface area contributed by atoms with E-state index >= 15 is 0 Å². The normalized spacial score (nSPS) is 12.6. The molecule has 0 unspecified atom stereocenters. The van der Waals surface area contributed by atoms with Crippen molar-refractivity contribution < 1.29 is 4.79 Å². The molecule has 2 heterocycles. The fourth-order valence-electron chi connectivity index (χ4n) is 2.42. The molecular weight excluding hydrogens is 264 g/mol. The molecule has 1 atom stereocenters.